The second-order valence-corrected chi connectivity index (χ2v) is 5.17. The van der Waals surface area contributed by atoms with Crippen LogP contribution in [0.4, 0.5) is 18.3 Å². The molecule has 2 aromatic rings. The van der Waals surface area contributed by atoms with Crippen LogP contribution in [0.5, 0.6) is 0 Å². The van der Waals surface area contributed by atoms with Crippen LogP contribution in [-0.4, -0.2) is 22.6 Å². The fraction of sp³-hybridized carbons (Fsp3) is 0.273. The minimum Gasteiger partial charge on any atom is -0.310 e. The number of halogens is 3. The molecule has 102 valence electrons. The lowest BCUT2D eigenvalue weighted by Gasteiger charge is -2.25. The molecular formula is C11H10F3N3OS. The molecule has 0 saturated heterocycles. The second-order valence-electron chi connectivity index (χ2n) is 4.14. The number of nitrogens with one attached hydrogen (secondary N) is 1. The Morgan fingerprint density at radius 3 is 2.58 bits per heavy atom. The Morgan fingerprint density at radius 2 is 2.00 bits per heavy atom. The molecule has 0 radical (unpaired) electrons. The molecule has 1 unspecified atom stereocenters. The Bertz CT molecular complexity index is 588. The van der Waals surface area contributed by atoms with E-state index in [2.05, 4.69) is 10.3 Å². The van der Waals surface area contributed by atoms with Crippen molar-refractivity contribution in [2.75, 3.05) is 5.32 Å². The number of amides is 1. The topological polar surface area (TPSA) is 68.0 Å². The number of hydrogen-bond donors (Lipinski definition) is 2. The number of rotatable bonds is 2. The van der Waals surface area contributed by atoms with E-state index in [-0.39, 0.29) is 5.13 Å². The maximum atomic E-state index is 12.6. The van der Waals surface area contributed by atoms with Gasteiger partial charge < -0.3 is 11.1 Å². The van der Waals surface area contributed by atoms with E-state index in [9.17, 15) is 18.0 Å². The molecule has 3 N–H and O–H groups in total. The summed E-state index contributed by atoms with van der Waals surface area (Å²) in [6, 6.07) is 6.98. The highest BCUT2D eigenvalue weighted by Crippen LogP contribution is 2.30. The van der Waals surface area contributed by atoms with Gasteiger partial charge in [0.25, 0.3) is 5.91 Å². The number of carbonyl (C=O) groups is 1. The van der Waals surface area contributed by atoms with Crippen LogP contribution in [0.25, 0.3) is 10.2 Å². The highest BCUT2D eigenvalue weighted by atomic mass is 32.1. The minimum absolute atomic E-state index is 0.0899. The van der Waals surface area contributed by atoms with Gasteiger partial charge in [-0.2, -0.15) is 13.2 Å². The molecule has 0 spiro atoms. The fourth-order valence-electron chi connectivity index (χ4n) is 1.28. The summed E-state index contributed by atoms with van der Waals surface area (Å²) in [6.45, 7) is 0.621. The van der Waals surface area contributed by atoms with Crippen LogP contribution in [0.3, 0.4) is 0 Å². The van der Waals surface area contributed by atoms with E-state index < -0.39 is 17.6 Å². The number of alkyl halides is 3. The first-order valence-corrected chi connectivity index (χ1v) is 6.06. The lowest BCUT2D eigenvalue weighted by atomic mass is 10.0. The van der Waals surface area contributed by atoms with Crippen molar-refractivity contribution in [1.82, 2.24) is 4.98 Å². The number of fused-ring (bicyclic) bond motifs is 1. The lowest BCUT2D eigenvalue weighted by molar-refractivity contribution is -0.184. The zero-order chi connectivity index (χ0) is 14.3. The van der Waals surface area contributed by atoms with E-state index in [0.717, 1.165) is 16.0 Å². The van der Waals surface area contributed by atoms with Gasteiger partial charge in [-0.15, -0.1) is 0 Å². The van der Waals surface area contributed by atoms with E-state index in [0.29, 0.717) is 12.4 Å². The van der Waals surface area contributed by atoms with Crippen LogP contribution in [0.15, 0.2) is 24.3 Å². The van der Waals surface area contributed by atoms with Crippen molar-refractivity contribution in [3.05, 3.63) is 24.3 Å². The molecule has 1 amide bonds. The van der Waals surface area contributed by atoms with Crippen LogP contribution in [-0.2, 0) is 4.79 Å². The van der Waals surface area contributed by atoms with Gasteiger partial charge in [-0.05, 0) is 19.1 Å². The Kier molecular flexibility index (Phi) is 3.23. The first-order valence-electron chi connectivity index (χ1n) is 5.24. The van der Waals surface area contributed by atoms with Crippen LogP contribution >= 0.6 is 11.3 Å². The molecule has 4 nitrogen and oxygen atoms in total. The SMILES string of the molecule is CC(N)(C(=O)Nc1nc2ccccc2s1)C(F)(F)F. The van der Waals surface area contributed by atoms with Crippen LogP contribution in [0.2, 0.25) is 0 Å². The zero-order valence-corrected chi connectivity index (χ0v) is 10.6. The first-order chi connectivity index (χ1) is 8.72. The number of hydrogen-bond acceptors (Lipinski definition) is 4. The van der Waals surface area contributed by atoms with Crippen molar-refractivity contribution in [3.63, 3.8) is 0 Å². The minimum atomic E-state index is -4.83. The summed E-state index contributed by atoms with van der Waals surface area (Å²) in [5.41, 5.74) is 2.67. The average Bonchev–Trinajstić information content (AvgIpc) is 2.69. The largest absolute Gasteiger partial charge is 0.415 e. The smallest absolute Gasteiger partial charge is 0.310 e. The van der Waals surface area contributed by atoms with Gasteiger partial charge in [-0.3, -0.25) is 4.79 Å². The van der Waals surface area contributed by atoms with Crippen molar-refractivity contribution >= 4 is 32.6 Å². The van der Waals surface area contributed by atoms with Crippen LogP contribution < -0.4 is 11.1 Å². The highest BCUT2D eigenvalue weighted by Gasteiger charge is 2.54. The monoisotopic (exact) mass is 289 g/mol. The summed E-state index contributed by atoms with van der Waals surface area (Å²) < 4.78 is 38.5. The number of para-hydroxylation sites is 1. The molecular weight excluding hydrogens is 279 g/mol. The van der Waals surface area contributed by atoms with E-state index in [1.807, 2.05) is 0 Å². The molecule has 1 heterocycles. The number of aromatic nitrogens is 1. The van der Waals surface area contributed by atoms with Crippen molar-refractivity contribution in [1.29, 1.82) is 0 Å². The van der Waals surface area contributed by atoms with Crippen molar-refractivity contribution in [3.8, 4) is 0 Å². The standard InChI is InChI=1S/C11H10F3N3OS/c1-10(15,11(12,13)14)8(18)17-9-16-6-4-2-3-5-7(6)19-9/h2-5H,15H2,1H3,(H,16,17,18). The first kappa shape index (κ1) is 13.8. The molecule has 0 aliphatic rings. The summed E-state index contributed by atoms with van der Waals surface area (Å²) in [5, 5.41) is 2.19. The normalized spacial score (nSPS) is 15.2. The molecule has 1 aromatic carbocycles. The molecule has 0 saturated carbocycles. The molecule has 0 fully saturated rings. The Balaban J connectivity index is 2.24. The summed E-state index contributed by atoms with van der Waals surface area (Å²) >= 11 is 1.09. The van der Waals surface area contributed by atoms with Crippen LogP contribution in [0, 0.1) is 0 Å². The third kappa shape index (κ3) is 2.54. The number of carbonyl (C=O) groups excluding carboxylic acids is 1. The summed E-state index contributed by atoms with van der Waals surface area (Å²) in [5.74, 6) is -1.33. The van der Waals surface area contributed by atoms with Crippen molar-refractivity contribution < 1.29 is 18.0 Å². The summed E-state index contributed by atoms with van der Waals surface area (Å²) in [4.78, 5) is 15.6. The quantitative estimate of drug-likeness (QED) is 0.892. The number of nitrogens with zero attached hydrogens (tertiary/aromatic N) is 1. The summed E-state index contributed by atoms with van der Waals surface area (Å²) in [7, 11) is 0. The maximum Gasteiger partial charge on any atom is 0.415 e. The molecule has 0 bridgehead atoms. The van der Waals surface area contributed by atoms with Gasteiger partial charge in [-0.25, -0.2) is 4.98 Å². The molecule has 0 aliphatic carbocycles. The van der Waals surface area contributed by atoms with E-state index in [1.54, 1.807) is 24.3 Å². The predicted molar refractivity (Wildman–Crippen MR) is 66.9 cm³/mol. The Hall–Kier alpha value is -1.67. The van der Waals surface area contributed by atoms with Gasteiger partial charge in [0.1, 0.15) is 0 Å². The van der Waals surface area contributed by atoms with Gasteiger partial charge in [0.05, 0.1) is 10.2 Å². The fourth-order valence-corrected chi connectivity index (χ4v) is 2.14. The molecule has 8 heteroatoms. The van der Waals surface area contributed by atoms with Gasteiger partial charge in [0.15, 0.2) is 10.7 Å². The Labute approximate surface area is 110 Å². The van der Waals surface area contributed by atoms with E-state index in [4.69, 9.17) is 5.73 Å². The molecule has 19 heavy (non-hydrogen) atoms. The number of nitrogens with two attached hydrogens (primary N) is 1. The number of thiazole rings is 1. The van der Waals surface area contributed by atoms with E-state index in [1.165, 1.54) is 0 Å². The third-order valence-corrected chi connectivity index (χ3v) is 3.53. The predicted octanol–water partition coefficient (Wildman–Crippen LogP) is 2.51. The number of benzene rings is 1. The van der Waals surface area contributed by atoms with Crippen molar-refractivity contribution in [2.45, 2.75) is 18.6 Å². The van der Waals surface area contributed by atoms with Gasteiger partial charge in [0.2, 0.25) is 0 Å². The molecule has 1 aromatic heterocycles. The molecule has 2 rings (SSSR count). The van der Waals surface area contributed by atoms with Gasteiger partial charge in [-0.1, -0.05) is 23.5 Å². The molecule has 1 atom stereocenters. The third-order valence-electron chi connectivity index (χ3n) is 2.57. The number of anilines is 1. The second kappa shape index (κ2) is 4.46. The summed E-state index contributed by atoms with van der Waals surface area (Å²) in [6.07, 6.45) is -4.83. The van der Waals surface area contributed by atoms with Crippen LogP contribution in [0.1, 0.15) is 6.92 Å². The highest BCUT2D eigenvalue weighted by molar-refractivity contribution is 7.22. The molecule has 0 aliphatic heterocycles. The zero-order valence-electron chi connectivity index (χ0n) is 9.78. The van der Waals surface area contributed by atoms with Crippen molar-refractivity contribution in [2.24, 2.45) is 5.73 Å². The maximum absolute atomic E-state index is 12.6. The van der Waals surface area contributed by atoms with Gasteiger partial charge >= 0.3 is 6.18 Å². The van der Waals surface area contributed by atoms with E-state index >= 15 is 0 Å². The van der Waals surface area contributed by atoms with Gasteiger partial charge in [0, 0.05) is 0 Å². The Morgan fingerprint density at radius 1 is 1.37 bits per heavy atom. The lowest BCUT2D eigenvalue weighted by Crippen LogP contribution is -2.59. The average molecular weight is 289 g/mol.